The first-order valence-electron chi connectivity index (χ1n) is 5.86. The molecule has 2 aromatic rings. The molecule has 0 aliphatic rings. The Morgan fingerprint density at radius 1 is 1.39 bits per heavy atom. The van der Waals surface area contributed by atoms with Gasteiger partial charge in [0.1, 0.15) is 0 Å². The molecule has 0 radical (unpaired) electrons. The van der Waals surface area contributed by atoms with Crippen molar-refractivity contribution in [3.05, 3.63) is 28.5 Å². The summed E-state index contributed by atoms with van der Waals surface area (Å²) in [5.41, 5.74) is 3.38. The van der Waals surface area contributed by atoms with Crippen LogP contribution in [0.4, 0.5) is 0 Å². The van der Waals surface area contributed by atoms with E-state index in [-0.39, 0.29) is 6.10 Å². The fraction of sp³-hybridized carbons (Fsp3) is 0.462. The van der Waals surface area contributed by atoms with Gasteiger partial charge in [0.2, 0.25) is 0 Å². The van der Waals surface area contributed by atoms with Gasteiger partial charge in [0.25, 0.3) is 0 Å². The lowest BCUT2D eigenvalue weighted by Gasteiger charge is -2.15. The number of aromatic amines is 1. The SMILES string of the molecule is COCC(Cn1c(=S)[nH]c2cc(C)ccc21)OC. The number of methoxy groups -OCH3 is 2. The van der Waals surface area contributed by atoms with Crippen molar-refractivity contribution < 1.29 is 9.47 Å². The molecule has 1 unspecified atom stereocenters. The van der Waals surface area contributed by atoms with E-state index >= 15 is 0 Å². The summed E-state index contributed by atoms with van der Waals surface area (Å²) < 4.78 is 13.3. The molecule has 5 heteroatoms. The van der Waals surface area contributed by atoms with Gasteiger partial charge in [0.15, 0.2) is 4.77 Å². The fourth-order valence-electron chi connectivity index (χ4n) is 2.04. The topological polar surface area (TPSA) is 39.2 Å². The maximum atomic E-state index is 5.39. The maximum absolute atomic E-state index is 5.39. The lowest BCUT2D eigenvalue weighted by Crippen LogP contribution is -2.23. The molecule has 0 bridgehead atoms. The summed E-state index contributed by atoms with van der Waals surface area (Å²) in [5.74, 6) is 0. The van der Waals surface area contributed by atoms with Crippen LogP contribution in [0.1, 0.15) is 5.56 Å². The Morgan fingerprint density at radius 3 is 2.83 bits per heavy atom. The van der Waals surface area contributed by atoms with Gasteiger partial charge in [-0.25, -0.2) is 0 Å². The highest BCUT2D eigenvalue weighted by Gasteiger charge is 2.11. The standard InChI is InChI=1S/C13H18N2O2S/c1-9-4-5-12-11(6-9)14-13(18)15(12)7-10(17-3)8-16-2/h4-6,10H,7-8H2,1-3H3,(H,14,18). The third-order valence-corrected chi connectivity index (χ3v) is 3.32. The third kappa shape index (κ3) is 2.63. The van der Waals surface area contributed by atoms with Crippen molar-refractivity contribution >= 4 is 23.3 Å². The lowest BCUT2D eigenvalue weighted by molar-refractivity contribution is 0.0188. The van der Waals surface area contributed by atoms with Crippen molar-refractivity contribution in [2.75, 3.05) is 20.8 Å². The van der Waals surface area contributed by atoms with Crippen LogP contribution in [0.15, 0.2) is 18.2 Å². The molecule has 4 nitrogen and oxygen atoms in total. The summed E-state index contributed by atoms with van der Waals surface area (Å²) in [6.07, 6.45) is 0.00185. The second-order valence-electron chi connectivity index (χ2n) is 4.37. The number of aryl methyl sites for hydroxylation is 1. The van der Waals surface area contributed by atoms with E-state index in [4.69, 9.17) is 21.7 Å². The van der Waals surface area contributed by atoms with E-state index in [0.717, 1.165) is 11.0 Å². The van der Waals surface area contributed by atoms with Gasteiger partial charge in [-0.3, -0.25) is 0 Å². The number of ether oxygens (including phenoxy) is 2. The Morgan fingerprint density at radius 2 is 2.17 bits per heavy atom. The average Bonchev–Trinajstić information content (AvgIpc) is 2.64. The van der Waals surface area contributed by atoms with Gasteiger partial charge in [-0.15, -0.1) is 0 Å². The number of benzene rings is 1. The largest absolute Gasteiger partial charge is 0.382 e. The maximum Gasteiger partial charge on any atom is 0.178 e. The Hall–Kier alpha value is -1.17. The molecule has 1 aromatic carbocycles. The predicted octanol–water partition coefficient (Wildman–Crippen LogP) is 2.67. The monoisotopic (exact) mass is 266 g/mol. The summed E-state index contributed by atoms with van der Waals surface area (Å²) in [7, 11) is 3.36. The smallest absolute Gasteiger partial charge is 0.178 e. The molecule has 0 spiro atoms. The van der Waals surface area contributed by atoms with Gasteiger partial charge in [0.05, 0.1) is 30.3 Å². The number of H-pyrrole nitrogens is 1. The van der Waals surface area contributed by atoms with Crippen molar-refractivity contribution in [3.8, 4) is 0 Å². The highest BCUT2D eigenvalue weighted by Crippen LogP contribution is 2.16. The van der Waals surface area contributed by atoms with Crippen LogP contribution in [-0.4, -0.2) is 36.5 Å². The molecule has 1 N–H and O–H groups in total. The molecule has 0 amide bonds. The molecule has 0 saturated heterocycles. The first-order valence-corrected chi connectivity index (χ1v) is 6.27. The molecular formula is C13H18N2O2S. The number of nitrogens with zero attached hydrogens (tertiary/aromatic N) is 1. The van der Waals surface area contributed by atoms with Gasteiger partial charge in [-0.2, -0.15) is 0 Å². The summed E-state index contributed by atoms with van der Waals surface area (Å²) in [6, 6.07) is 6.26. The third-order valence-electron chi connectivity index (χ3n) is 3.00. The van der Waals surface area contributed by atoms with E-state index in [9.17, 15) is 0 Å². The van der Waals surface area contributed by atoms with E-state index in [1.165, 1.54) is 5.56 Å². The summed E-state index contributed by atoms with van der Waals surface area (Å²) >= 11 is 5.36. The van der Waals surface area contributed by atoms with Crippen LogP contribution >= 0.6 is 12.2 Å². The Balaban J connectivity index is 2.38. The molecule has 0 fully saturated rings. The van der Waals surface area contributed by atoms with E-state index in [0.29, 0.717) is 17.9 Å². The average molecular weight is 266 g/mol. The number of aromatic nitrogens is 2. The van der Waals surface area contributed by atoms with Crippen LogP contribution < -0.4 is 0 Å². The molecule has 0 aliphatic carbocycles. The van der Waals surface area contributed by atoms with Crippen molar-refractivity contribution in [1.82, 2.24) is 9.55 Å². The van der Waals surface area contributed by atoms with Crippen LogP contribution in [0, 0.1) is 11.7 Å². The molecule has 1 atom stereocenters. The van der Waals surface area contributed by atoms with Crippen molar-refractivity contribution in [2.24, 2.45) is 0 Å². The van der Waals surface area contributed by atoms with Gasteiger partial charge in [-0.05, 0) is 36.8 Å². The van der Waals surface area contributed by atoms with Gasteiger partial charge in [-0.1, -0.05) is 6.07 Å². The molecule has 2 rings (SSSR count). The minimum atomic E-state index is 0.00185. The lowest BCUT2D eigenvalue weighted by atomic mass is 10.2. The zero-order chi connectivity index (χ0) is 13.1. The first kappa shape index (κ1) is 13.3. The van der Waals surface area contributed by atoms with Crippen molar-refractivity contribution in [1.29, 1.82) is 0 Å². The van der Waals surface area contributed by atoms with Gasteiger partial charge < -0.3 is 19.0 Å². The molecule has 1 aromatic heterocycles. The van der Waals surface area contributed by atoms with Gasteiger partial charge in [0, 0.05) is 14.2 Å². The highest BCUT2D eigenvalue weighted by molar-refractivity contribution is 7.71. The molecular weight excluding hydrogens is 248 g/mol. The first-order chi connectivity index (χ1) is 8.65. The molecule has 98 valence electrons. The van der Waals surface area contributed by atoms with Crippen LogP contribution in [0.2, 0.25) is 0 Å². The summed E-state index contributed by atoms with van der Waals surface area (Å²) in [5, 5.41) is 0. The fourth-order valence-corrected chi connectivity index (χ4v) is 2.33. The quantitative estimate of drug-likeness (QED) is 0.846. The highest BCUT2D eigenvalue weighted by atomic mass is 32.1. The van der Waals surface area contributed by atoms with E-state index < -0.39 is 0 Å². The van der Waals surface area contributed by atoms with Crippen LogP contribution in [0.25, 0.3) is 11.0 Å². The minimum Gasteiger partial charge on any atom is -0.382 e. The molecule has 1 heterocycles. The zero-order valence-corrected chi connectivity index (χ0v) is 11.7. The Labute approximate surface area is 112 Å². The van der Waals surface area contributed by atoms with Gasteiger partial charge >= 0.3 is 0 Å². The second-order valence-corrected chi connectivity index (χ2v) is 4.76. The number of imidazole rings is 1. The Kier molecular flexibility index (Phi) is 4.16. The van der Waals surface area contributed by atoms with Crippen LogP contribution in [0.3, 0.4) is 0 Å². The molecule has 18 heavy (non-hydrogen) atoms. The number of rotatable bonds is 5. The van der Waals surface area contributed by atoms with Crippen LogP contribution in [-0.2, 0) is 16.0 Å². The summed E-state index contributed by atoms with van der Waals surface area (Å²) in [4.78, 5) is 3.22. The Bertz CT molecular complexity index is 588. The number of fused-ring (bicyclic) bond motifs is 1. The molecule has 0 aliphatic heterocycles. The summed E-state index contributed by atoms with van der Waals surface area (Å²) in [6.45, 7) is 3.31. The van der Waals surface area contributed by atoms with Crippen LogP contribution in [0.5, 0.6) is 0 Å². The minimum absolute atomic E-state index is 0.00185. The van der Waals surface area contributed by atoms with Crippen molar-refractivity contribution in [3.63, 3.8) is 0 Å². The van der Waals surface area contributed by atoms with E-state index in [1.807, 2.05) is 0 Å². The van der Waals surface area contributed by atoms with Crippen molar-refractivity contribution in [2.45, 2.75) is 19.6 Å². The second kappa shape index (κ2) is 5.65. The number of hydrogen-bond acceptors (Lipinski definition) is 3. The van der Waals surface area contributed by atoms with E-state index in [1.54, 1.807) is 14.2 Å². The number of nitrogens with one attached hydrogen (secondary N) is 1. The predicted molar refractivity (Wildman–Crippen MR) is 74.5 cm³/mol. The molecule has 0 saturated carbocycles. The van der Waals surface area contributed by atoms with E-state index in [2.05, 4.69) is 34.7 Å². The zero-order valence-electron chi connectivity index (χ0n) is 10.9. The normalized spacial score (nSPS) is 13.1. The number of hydrogen-bond donors (Lipinski definition) is 1.